The van der Waals surface area contributed by atoms with Crippen molar-refractivity contribution in [1.29, 1.82) is 0 Å². The Morgan fingerprint density at radius 1 is 1.20 bits per heavy atom. The molecule has 2 rings (SSSR count). The zero-order valence-corrected chi connectivity index (χ0v) is 15.6. The maximum absolute atomic E-state index is 13.0. The quantitative estimate of drug-likeness (QED) is 0.736. The summed E-state index contributed by atoms with van der Waals surface area (Å²) < 4.78 is 19.1. The van der Waals surface area contributed by atoms with Gasteiger partial charge in [0.25, 0.3) is 5.91 Å². The molecule has 0 saturated heterocycles. The van der Waals surface area contributed by atoms with E-state index in [1.165, 1.54) is 12.1 Å². The number of carbonyl (C=O) groups excluding carboxylic acids is 2. The Kier molecular flexibility index (Phi) is 6.78. The number of halogens is 3. The van der Waals surface area contributed by atoms with E-state index >= 15 is 0 Å². The average molecular weight is 430 g/mol. The molecule has 2 amide bonds. The summed E-state index contributed by atoms with van der Waals surface area (Å²) in [6.45, 7) is 1.36. The van der Waals surface area contributed by atoms with Crippen LogP contribution in [0.5, 0.6) is 5.75 Å². The molecular formula is C17H15BrClFN2O3. The first-order chi connectivity index (χ1) is 11.8. The first-order valence-electron chi connectivity index (χ1n) is 7.25. The number of carbonyl (C=O) groups is 2. The average Bonchev–Trinajstić information content (AvgIpc) is 2.56. The predicted molar refractivity (Wildman–Crippen MR) is 97.4 cm³/mol. The molecule has 25 heavy (non-hydrogen) atoms. The second-order valence-corrected chi connectivity index (χ2v) is 6.47. The van der Waals surface area contributed by atoms with Gasteiger partial charge in [0.2, 0.25) is 5.91 Å². The Bertz CT molecular complexity index is 801. The van der Waals surface area contributed by atoms with Gasteiger partial charge in [-0.2, -0.15) is 0 Å². The van der Waals surface area contributed by atoms with E-state index in [1.54, 1.807) is 6.07 Å². The lowest BCUT2D eigenvalue weighted by Gasteiger charge is -2.10. The summed E-state index contributed by atoms with van der Waals surface area (Å²) in [5, 5.41) is 5.05. The minimum absolute atomic E-state index is 0.0952. The number of anilines is 1. The van der Waals surface area contributed by atoms with Crippen molar-refractivity contribution in [3.05, 3.63) is 57.3 Å². The topological polar surface area (TPSA) is 67.4 Å². The monoisotopic (exact) mass is 428 g/mol. The molecule has 0 unspecified atom stereocenters. The lowest BCUT2D eigenvalue weighted by Crippen LogP contribution is -2.35. The van der Waals surface area contributed by atoms with E-state index < -0.39 is 11.7 Å². The zero-order valence-electron chi connectivity index (χ0n) is 13.2. The van der Waals surface area contributed by atoms with Gasteiger partial charge in [-0.05, 0) is 42.8 Å². The third kappa shape index (κ3) is 6.03. The van der Waals surface area contributed by atoms with E-state index in [0.29, 0.717) is 5.69 Å². The molecule has 2 aromatic rings. The largest absolute Gasteiger partial charge is 0.484 e. The summed E-state index contributed by atoms with van der Waals surface area (Å²) in [5.41, 5.74) is 1.56. The predicted octanol–water partition coefficient (Wildman–Crippen LogP) is 3.68. The number of hydrogen-bond acceptors (Lipinski definition) is 3. The second kappa shape index (κ2) is 8.82. The van der Waals surface area contributed by atoms with Crippen molar-refractivity contribution in [2.75, 3.05) is 18.5 Å². The summed E-state index contributed by atoms with van der Waals surface area (Å²) in [7, 11) is 0. The van der Waals surface area contributed by atoms with Crippen LogP contribution < -0.4 is 15.4 Å². The van der Waals surface area contributed by atoms with Crippen molar-refractivity contribution in [3.63, 3.8) is 0 Å². The number of hydrogen-bond donors (Lipinski definition) is 2. The van der Waals surface area contributed by atoms with Crippen LogP contribution in [0.4, 0.5) is 10.1 Å². The van der Waals surface area contributed by atoms with Crippen LogP contribution in [0.2, 0.25) is 5.02 Å². The summed E-state index contributed by atoms with van der Waals surface area (Å²) in [6.07, 6.45) is 0. The van der Waals surface area contributed by atoms with Crippen LogP contribution in [0.25, 0.3) is 0 Å². The molecule has 2 aromatic carbocycles. The lowest BCUT2D eigenvalue weighted by atomic mass is 10.2. The van der Waals surface area contributed by atoms with Gasteiger partial charge < -0.3 is 15.4 Å². The molecule has 8 heteroatoms. The molecule has 0 aromatic heterocycles. The summed E-state index contributed by atoms with van der Waals surface area (Å²) in [5.74, 6) is -1.15. The third-order valence-corrected chi connectivity index (χ3v) is 3.95. The van der Waals surface area contributed by atoms with Gasteiger partial charge >= 0.3 is 0 Å². The van der Waals surface area contributed by atoms with Crippen LogP contribution in [0.1, 0.15) is 5.56 Å². The van der Waals surface area contributed by atoms with Crippen LogP contribution in [0.15, 0.2) is 40.9 Å². The molecule has 0 bridgehead atoms. The molecule has 0 spiro atoms. The van der Waals surface area contributed by atoms with E-state index in [9.17, 15) is 14.0 Å². The zero-order chi connectivity index (χ0) is 18.4. The first-order valence-corrected chi connectivity index (χ1v) is 8.43. The Hall–Kier alpha value is -2.12. The fourth-order valence-corrected chi connectivity index (χ4v) is 2.55. The summed E-state index contributed by atoms with van der Waals surface area (Å²) >= 11 is 8.96. The van der Waals surface area contributed by atoms with Gasteiger partial charge in [0, 0.05) is 16.2 Å². The van der Waals surface area contributed by atoms with Crippen LogP contribution >= 0.6 is 27.5 Å². The highest BCUT2D eigenvalue weighted by molar-refractivity contribution is 9.10. The molecule has 0 heterocycles. The highest BCUT2D eigenvalue weighted by Gasteiger charge is 2.09. The minimum atomic E-state index is -0.571. The molecule has 0 aliphatic rings. The SMILES string of the molecule is Cc1cc(Br)ccc1NC(=O)CNC(=O)COc1ccc(F)c(Cl)c1. The van der Waals surface area contributed by atoms with Gasteiger partial charge in [-0.25, -0.2) is 4.39 Å². The van der Waals surface area contributed by atoms with E-state index in [0.717, 1.165) is 16.1 Å². The molecule has 0 aliphatic carbocycles. The van der Waals surface area contributed by atoms with E-state index in [-0.39, 0.29) is 29.8 Å². The summed E-state index contributed by atoms with van der Waals surface area (Å²) in [6, 6.07) is 9.22. The van der Waals surface area contributed by atoms with Crippen molar-refractivity contribution in [2.45, 2.75) is 6.92 Å². The number of benzene rings is 2. The number of nitrogens with one attached hydrogen (secondary N) is 2. The van der Waals surface area contributed by atoms with E-state index in [1.807, 2.05) is 19.1 Å². The van der Waals surface area contributed by atoms with Crippen molar-refractivity contribution in [3.8, 4) is 5.75 Å². The van der Waals surface area contributed by atoms with Gasteiger partial charge in [-0.15, -0.1) is 0 Å². The molecule has 0 saturated carbocycles. The Morgan fingerprint density at radius 3 is 2.64 bits per heavy atom. The number of rotatable bonds is 6. The van der Waals surface area contributed by atoms with Crippen LogP contribution in [0.3, 0.4) is 0 Å². The van der Waals surface area contributed by atoms with Gasteiger partial charge in [0.15, 0.2) is 6.61 Å². The van der Waals surface area contributed by atoms with Crippen LogP contribution in [-0.4, -0.2) is 25.0 Å². The maximum Gasteiger partial charge on any atom is 0.258 e. The van der Waals surface area contributed by atoms with Crippen molar-refractivity contribution in [2.24, 2.45) is 0 Å². The molecule has 5 nitrogen and oxygen atoms in total. The molecule has 0 fully saturated rings. The van der Waals surface area contributed by atoms with Gasteiger partial charge in [0.1, 0.15) is 11.6 Å². The standard InChI is InChI=1S/C17H15BrClFN2O3/c1-10-6-11(18)2-5-15(10)22-16(23)8-21-17(24)9-25-12-3-4-14(20)13(19)7-12/h2-7H,8-9H2,1H3,(H,21,24)(H,22,23). The van der Waals surface area contributed by atoms with E-state index in [4.69, 9.17) is 16.3 Å². The molecule has 0 atom stereocenters. The Morgan fingerprint density at radius 2 is 1.96 bits per heavy atom. The number of ether oxygens (including phenoxy) is 1. The Labute approximate surface area is 157 Å². The summed E-state index contributed by atoms with van der Waals surface area (Å²) in [4.78, 5) is 23.6. The fourth-order valence-electron chi connectivity index (χ4n) is 1.91. The van der Waals surface area contributed by atoms with Crippen LogP contribution in [-0.2, 0) is 9.59 Å². The molecule has 0 radical (unpaired) electrons. The molecular weight excluding hydrogens is 415 g/mol. The maximum atomic E-state index is 13.0. The van der Waals surface area contributed by atoms with Crippen LogP contribution in [0, 0.1) is 12.7 Å². The minimum Gasteiger partial charge on any atom is -0.484 e. The fraction of sp³-hybridized carbons (Fsp3) is 0.176. The first kappa shape index (κ1) is 19.2. The second-order valence-electron chi connectivity index (χ2n) is 5.15. The van der Waals surface area contributed by atoms with Crippen molar-refractivity contribution in [1.82, 2.24) is 5.32 Å². The van der Waals surface area contributed by atoms with Gasteiger partial charge in [0.05, 0.1) is 11.6 Å². The number of amides is 2. The molecule has 132 valence electrons. The van der Waals surface area contributed by atoms with Crippen molar-refractivity contribution < 1.29 is 18.7 Å². The Balaban J connectivity index is 1.77. The molecule has 0 aliphatic heterocycles. The smallest absolute Gasteiger partial charge is 0.258 e. The lowest BCUT2D eigenvalue weighted by molar-refractivity contribution is -0.125. The highest BCUT2D eigenvalue weighted by Crippen LogP contribution is 2.21. The van der Waals surface area contributed by atoms with E-state index in [2.05, 4.69) is 26.6 Å². The van der Waals surface area contributed by atoms with Gasteiger partial charge in [-0.1, -0.05) is 27.5 Å². The normalized spacial score (nSPS) is 10.2. The van der Waals surface area contributed by atoms with Gasteiger partial charge in [-0.3, -0.25) is 9.59 Å². The number of aryl methyl sites for hydroxylation is 1. The molecule has 2 N–H and O–H groups in total. The highest BCUT2D eigenvalue weighted by atomic mass is 79.9. The third-order valence-electron chi connectivity index (χ3n) is 3.17. The van der Waals surface area contributed by atoms with Crippen molar-refractivity contribution >= 4 is 45.0 Å².